The second-order valence-electron chi connectivity index (χ2n) is 13.3. The summed E-state index contributed by atoms with van der Waals surface area (Å²) < 4.78 is 41.0. The number of rotatable bonds is 7. The number of hydrogen-bond donors (Lipinski definition) is 0. The van der Waals surface area contributed by atoms with Crippen molar-refractivity contribution in [2.75, 3.05) is 26.2 Å². The quantitative estimate of drug-likeness (QED) is 0.165. The first kappa shape index (κ1) is 35.1. The fraction of sp³-hybridized carbons (Fsp3) is 0.302. The third-order valence-corrected chi connectivity index (χ3v) is 10.3. The Balaban J connectivity index is 0.000000182. The highest BCUT2D eigenvalue weighted by molar-refractivity contribution is 9.10. The number of benzene rings is 5. The third-order valence-electron chi connectivity index (χ3n) is 9.78. The van der Waals surface area contributed by atoms with E-state index in [1.165, 1.54) is 61.2 Å². The lowest BCUT2D eigenvalue weighted by atomic mass is 9.90. The van der Waals surface area contributed by atoms with Crippen LogP contribution in [-0.2, 0) is 19.3 Å². The van der Waals surface area contributed by atoms with Crippen LogP contribution in [0, 0.1) is 0 Å². The van der Waals surface area contributed by atoms with Gasteiger partial charge in [0.1, 0.15) is 0 Å². The Morgan fingerprint density at radius 2 is 1.00 bits per heavy atom. The molecule has 0 N–H and O–H groups in total. The molecule has 7 rings (SSSR count). The van der Waals surface area contributed by atoms with Crippen molar-refractivity contribution in [3.63, 3.8) is 0 Å². The molecule has 2 unspecified atom stereocenters. The highest BCUT2D eigenvalue weighted by Gasteiger charge is 2.33. The topological polar surface area (TPSA) is 6.48 Å². The van der Waals surface area contributed by atoms with E-state index in [9.17, 15) is 13.2 Å². The average Bonchev–Trinajstić information content (AvgIpc) is 3.14. The first-order chi connectivity index (χ1) is 23.8. The van der Waals surface area contributed by atoms with Gasteiger partial charge in [0.2, 0.25) is 0 Å². The highest BCUT2D eigenvalue weighted by atomic mass is 79.9. The molecule has 2 saturated heterocycles. The second-order valence-corrected chi connectivity index (χ2v) is 14.3. The average molecular weight is 726 g/mol. The summed E-state index contributed by atoms with van der Waals surface area (Å²) in [6.45, 7) is 6.37. The van der Waals surface area contributed by atoms with Crippen LogP contribution in [0.25, 0.3) is 11.1 Å². The molecule has 0 bridgehead atoms. The molecular weight excluding hydrogens is 681 g/mol. The molecule has 2 heterocycles. The van der Waals surface area contributed by atoms with Crippen LogP contribution in [0.4, 0.5) is 13.2 Å². The summed E-state index contributed by atoms with van der Waals surface area (Å²) in [4.78, 5) is 5.03. The van der Waals surface area contributed by atoms with Crippen LogP contribution in [0.1, 0.15) is 65.3 Å². The molecule has 49 heavy (non-hydrogen) atoms. The van der Waals surface area contributed by atoms with E-state index < -0.39 is 11.7 Å². The van der Waals surface area contributed by atoms with Gasteiger partial charge in [-0.3, -0.25) is 9.80 Å². The van der Waals surface area contributed by atoms with Crippen molar-refractivity contribution in [3.05, 3.63) is 166 Å². The minimum atomic E-state index is -4.35. The summed E-state index contributed by atoms with van der Waals surface area (Å²) in [5.74, 6) is 1.24. The Morgan fingerprint density at radius 1 is 0.551 bits per heavy atom. The van der Waals surface area contributed by atoms with Crippen LogP contribution in [-0.4, -0.2) is 36.0 Å². The molecule has 2 aliphatic heterocycles. The first-order valence-corrected chi connectivity index (χ1v) is 18.2. The predicted octanol–water partition coefficient (Wildman–Crippen LogP) is 11.6. The summed E-state index contributed by atoms with van der Waals surface area (Å²) >= 11 is 3.50. The van der Waals surface area contributed by atoms with Gasteiger partial charge in [0.25, 0.3) is 0 Å². The molecule has 0 saturated carbocycles. The molecule has 0 spiro atoms. The third kappa shape index (κ3) is 9.94. The summed E-state index contributed by atoms with van der Waals surface area (Å²) in [7, 11) is 0. The molecule has 2 atom stereocenters. The van der Waals surface area contributed by atoms with Gasteiger partial charge in [0.15, 0.2) is 0 Å². The molecule has 254 valence electrons. The molecule has 2 aliphatic rings. The van der Waals surface area contributed by atoms with Crippen molar-refractivity contribution in [1.29, 1.82) is 0 Å². The molecule has 2 fully saturated rings. The number of hydrogen-bond acceptors (Lipinski definition) is 2. The Kier molecular flexibility index (Phi) is 12.0. The number of alkyl halides is 3. The van der Waals surface area contributed by atoms with Gasteiger partial charge < -0.3 is 0 Å². The van der Waals surface area contributed by atoms with Gasteiger partial charge in [-0.15, -0.1) is 0 Å². The van der Waals surface area contributed by atoms with Gasteiger partial charge >= 0.3 is 6.18 Å². The van der Waals surface area contributed by atoms with Crippen LogP contribution < -0.4 is 0 Å². The zero-order valence-corrected chi connectivity index (χ0v) is 29.4. The summed E-state index contributed by atoms with van der Waals surface area (Å²) in [5.41, 5.74) is 5.66. The van der Waals surface area contributed by atoms with Gasteiger partial charge in [0.05, 0.1) is 5.56 Å². The van der Waals surface area contributed by atoms with E-state index in [0.717, 1.165) is 48.7 Å². The lowest BCUT2D eigenvalue weighted by molar-refractivity contribution is -0.137. The van der Waals surface area contributed by atoms with E-state index in [0.29, 0.717) is 17.4 Å². The van der Waals surface area contributed by atoms with Crippen molar-refractivity contribution in [2.24, 2.45) is 0 Å². The minimum Gasteiger partial charge on any atom is -0.298 e. The van der Waals surface area contributed by atoms with E-state index in [4.69, 9.17) is 0 Å². The van der Waals surface area contributed by atoms with E-state index in [1.807, 2.05) is 18.2 Å². The standard InChI is InChI=1S/C25H24F3N.C18H20BrN/c26-25(27,28)24-11-5-4-10-23(24)21-14-12-19(13-15-21)17-29-16-6-9-22(18-29)20-7-2-1-3-8-20;19-18-10-8-15(9-11-18)13-20-12-4-7-17(14-20)16-5-2-1-3-6-16/h1-5,7-8,10-15,22H,6,9,16-18H2;1-3,5-6,8-11,17H,4,7,12-14H2. The lowest BCUT2D eigenvalue weighted by Gasteiger charge is -2.33. The van der Waals surface area contributed by atoms with Crippen molar-refractivity contribution >= 4 is 15.9 Å². The van der Waals surface area contributed by atoms with Crippen LogP contribution in [0.15, 0.2) is 138 Å². The van der Waals surface area contributed by atoms with Gasteiger partial charge in [-0.25, -0.2) is 0 Å². The van der Waals surface area contributed by atoms with Crippen LogP contribution in [0.2, 0.25) is 0 Å². The van der Waals surface area contributed by atoms with Crippen LogP contribution in [0.5, 0.6) is 0 Å². The molecule has 0 aromatic heterocycles. The zero-order chi connectivity index (χ0) is 34.1. The number of piperidine rings is 2. The summed E-state index contributed by atoms with van der Waals surface area (Å²) in [5, 5.41) is 0. The molecule has 5 aromatic carbocycles. The SMILES string of the molecule is Brc1ccc(CN2CCCC(c3ccccc3)C2)cc1.FC(F)(F)c1ccccc1-c1ccc(CN2CCCC(c3ccccc3)C2)cc1. The van der Waals surface area contributed by atoms with Gasteiger partial charge in [0, 0.05) is 30.7 Å². The first-order valence-electron chi connectivity index (χ1n) is 17.4. The number of likely N-dealkylation sites (tertiary alicyclic amines) is 2. The second kappa shape index (κ2) is 16.8. The van der Waals surface area contributed by atoms with E-state index >= 15 is 0 Å². The molecule has 6 heteroatoms. The smallest absolute Gasteiger partial charge is 0.298 e. The maximum absolute atomic E-state index is 13.3. The highest BCUT2D eigenvalue weighted by Crippen LogP contribution is 2.37. The summed E-state index contributed by atoms with van der Waals surface area (Å²) in [6.07, 6.45) is 0.636. The Labute approximate surface area is 297 Å². The van der Waals surface area contributed by atoms with Crippen LogP contribution >= 0.6 is 15.9 Å². The molecule has 0 aliphatic carbocycles. The fourth-order valence-electron chi connectivity index (χ4n) is 7.27. The molecule has 2 nitrogen and oxygen atoms in total. The lowest BCUT2D eigenvalue weighted by Crippen LogP contribution is -2.33. The zero-order valence-electron chi connectivity index (χ0n) is 27.8. The summed E-state index contributed by atoms with van der Waals surface area (Å²) in [6, 6.07) is 43.5. The van der Waals surface area contributed by atoms with Crippen molar-refractivity contribution in [1.82, 2.24) is 9.80 Å². The van der Waals surface area contributed by atoms with E-state index in [2.05, 4.69) is 105 Å². The van der Waals surface area contributed by atoms with E-state index in [-0.39, 0.29) is 5.56 Å². The minimum absolute atomic E-state index is 0.230. The maximum Gasteiger partial charge on any atom is 0.417 e. The van der Waals surface area contributed by atoms with E-state index in [1.54, 1.807) is 18.2 Å². The largest absolute Gasteiger partial charge is 0.417 e. The molecule has 5 aromatic rings. The van der Waals surface area contributed by atoms with Crippen molar-refractivity contribution in [2.45, 2.75) is 56.8 Å². The fourth-order valence-corrected chi connectivity index (χ4v) is 7.54. The number of halogens is 4. The predicted molar refractivity (Wildman–Crippen MR) is 198 cm³/mol. The Morgan fingerprint density at radius 3 is 1.49 bits per heavy atom. The van der Waals surface area contributed by atoms with Gasteiger partial charge in [-0.05, 0) is 102 Å². The molecular formula is C43H44BrF3N2. The normalized spacial score (nSPS) is 18.8. The monoisotopic (exact) mass is 724 g/mol. The van der Waals surface area contributed by atoms with Crippen molar-refractivity contribution < 1.29 is 13.2 Å². The van der Waals surface area contributed by atoms with Crippen molar-refractivity contribution in [3.8, 4) is 11.1 Å². The van der Waals surface area contributed by atoms with Crippen LogP contribution in [0.3, 0.4) is 0 Å². The van der Waals surface area contributed by atoms with Gasteiger partial charge in [-0.2, -0.15) is 13.2 Å². The number of nitrogens with zero attached hydrogens (tertiary/aromatic N) is 2. The molecule has 0 radical (unpaired) electrons. The van der Waals surface area contributed by atoms with Gasteiger partial charge in [-0.1, -0.05) is 131 Å². The Hall–Kier alpha value is -3.71. The molecule has 0 amide bonds. The maximum atomic E-state index is 13.3. The Bertz CT molecular complexity index is 1720.